The molecule has 0 spiro atoms. The number of rotatable bonds is 7. The van der Waals surface area contributed by atoms with Crippen molar-refractivity contribution in [1.82, 2.24) is 20.2 Å². The van der Waals surface area contributed by atoms with Gasteiger partial charge in [-0.1, -0.05) is 12.1 Å². The third-order valence-corrected chi connectivity index (χ3v) is 4.11. The molecule has 8 nitrogen and oxygen atoms in total. The molecule has 2 aromatic rings. The number of carbonyl (C=O) groups excluding carboxylic acids is 2. The third-order valence-electron chi connectivity index (χ3n) is 4.11. The summed E-state index contributed by atoms with van der Waals surface area (Å²) in [6.45, 7) is -0.682. The number of urea groups is 1. The second-order valence-electron chi connectivity index (χ2n) is 6.61. The summed E-state index contributed by atoms with van der Waals surface area (Å²) in [7, 11) is 3.30. The number of ether oxygens (including phenoxy) is 1. The van der Waals surface area contributed by atoms with Gasteiger partial charge in [-0.3, -0.25) is 9.78 Å². The van der Waals surface area contributed by atoms with Crippen LogP contribution in [0.15, 0.2) is 55.0 Å². The van der Waals surface area contributed by atoms with Crippen molar-refractivity contribution in [3.05, 3.63) is 60.6 Å². The third kappa shape index (κ3) is 8.26. The van der Waals surface area contributed by atoms with E-state index in [9.17, 15) is 22.8 Å². The Kier molecular flexibility index (Phi) is 9.02. The summed E-state index contributed by atoms with van der Waals surface area (Å²) >= 11 is 0. The van der Waals surface area contributed by atoms with E-state index in [4.69, 9.17) is 4.74 Å². The van der Waals surface area contributed by atoms with Gasteiger partial charge in [0.15, 0.2) is 0 Å². The molecule has 0 aliphatic rings. The van der Waals surface area contributed by atoms with Crippen LogP contribution < -0.4 is 16.0 Å². The lowest BCUT2D eigenvalue weighted by molar-refractivity contribution is -0.122. The molecular formula is C21H24F3N5O3. The molecule has 2 rings (SSSR count). The lowest BCUT2D eigenvalue weighted by Gasteiger charge is -2.11. The number of aryl methyl sites for hydroxylation is 1. The number of methoxy groups -OCH3 is 1. The van der Waals surface area contributed by atoms with E-state index in [1.165, 1.54) is 19.5 Å². The Balaban J connectivity index is 2.24. The van der Waals surface area contributed by atoms with E-state index in [1.54, 1.807) is 59.5 Å². The van der Waals surface area contributed by atoms with Crippen molar-refractivity contribution in [3.8, 4) is 11.3 Å². The van der Waals surface area contributed by atoms with Gasteiger partial charge < -0.3 is 25.3 Å². The second-order valence-corrected chi connectivity index (χ2v) is 6.61. The first-order valence-electron chi connectivity index (χ1n) is 9.53. The SMILES string of the molecule is COCCNC(=O)c1ccn(C)c(-c2cccc(NC(=O)NCC(F)(F)F)c2)ccnc1. The zero-order chi connectivity index (χ0) is 23.6. The molecule has 1 aromatic heterocycles. The van der Waals surface area contributed by atoms with Gasteiger partial charge in [-0.15, -0.1) is 0 Å². The monoisotopic (exact) mass is 451 g/mol. The van der Waals surface area contributed by atoms with Gasteiger partial charge in [0.1, 0.15) is 6.54 Å². The largest absolute Gasteiger partial charge is 0.405 e. The van der Waals surface area contributed by atoms with Gasteiger partial charge in [0, 0.05) is 56.2 Å². The van der Waals surface area contributed by atoms with Crippen LogP contribution in [0.1, 0.15) is 10.4 Å². The standard InChI is InChI=1S/C21H24F3N5O3/c1-29-10-7-16(19(30)26-9-11-32-2)13-25-8-6-18(29)15-4-3-5-17(12-15)28-20(31)27-14-21(22,23)24/h3-8,10,12-13H,9,11,14H2,1-2H3,(H,26,30)(H2,27,28,31). The van der Waals surface area contributed by atoms with Crippen LogP contribution >= 0.6 is 0 Å². The quantitative estimate of drug-likeness (QED) is 0.563. The molecule has 3 N–H and O–H groups in total. The van der Waals surface area contributed by atoms with Crippen LogP contribution in [0.3, 0.4) is 0 Å². The summed E-state index contributed by atoms with van der Waals surface area (Å²) in [5, 5.41) is 6.84. The topological polar surface area (TPSA) is 97.3 Å². The maximum absolute atomic E-state index is 12.3. The van der Waals surface area contributed by atoms with E-state index in [-0.39, 0.29) is 5.91 Å². The van der Waals surface area contributed by atoms with Gasteiger partial charge in [0.2, 0.25) is 0 Å². The fourth-order valence-electron chi connectivity index (χ4n) is 2.58. The van der Waals surface area contributed by atoms with Crippen molar-refractivity contribution in [1.29, 1.82) is 0 Å². The first-order chi connectivity index (χ1) is 15.2. The summed E-state index contributed by atoms with van der Waals surface area (Å²) in [5.74, 6) is -0.302. The predicted octanol–water partition coefficient (Wildman–Crippen LogP) is 3.27. The Bertz CT molecular complexity index is 991. The maximum atomic E-state index is 12.3. The number of benzene rings is 1. The van der Waals surface area contributed by atoms with E-state index in [0.717, 1.165) is 0 Å². The molecule has 11 heteroatoms. The number of nitrogens with zero attached hydrogens (tertiary/aromatic N) is 2. The van der Waals surface area contributed by atoms with Gasteiger partial charge in [-0.05, 0) is 24.3 Å². The maximum Gasteiger partial charge on any atom is 0.405 e. The van der Waals surface area contributed by atoms with Crippen LogP contribution in [-0.4, -0.2) is 54.5 Å². The number of aromatic nitrogens is 2. The molecule has 172 valence electrons. The molecule has 0 fully saturated rings. The lowest BCUT2D eigenvalue weighted by atomic mass is 10.1. The molecule has 0 atom stereocenters. The van der Waals surface area contributed by atoms with Gasteiger partial charge in [0.25, 0.3) is 5.91 Å². The minimum absolute atomic E-state index is 0.302. The van der Waals surface area contributed by atoms with Crippen LogP contribution in [0.5, 0.6) is 0 Å². The number of alkyl halides is 3. The highest BCUT2D eigenvalue weighted by atomic mass is 19.4. The van der Waals surface area contributed by atoms with Gasteiger partial charge in [-0.2, -0.15) is 13.2 Å². The van der Waals surface area contributed by atoms with Gasteiger partial charge in [0.05, 0.1) is 12.2 Å². The molecule has 0 aliphatic carbocycles. The number of hydrogen-bond acceptors (Lipinski definition) is 4. The smallest absolute Gasteiger partial charge is 0.383 e. The molecule has 0 bridgehead atoms. The molecule has 0 aliphatic heterocycles. The molecule has 0 saturated heterocycles. The zero-order valence-electron chi connectivity index (χ0n) is 17.6. The van der Waals surface area contributed by atoms with Gasteiger partial charge in [-0.25, -0.2) is 4.79 Å². The summed E-state index contributed by atoms with van der Waals surface area (Å²) in [4.78, 5) is 28.1. The predicted molar refractivity (Wildman–Crippen MR) is 114 cm³/mol. The Labute approximate surface area is 183 Å². The van der Waals surface area contributed by atoms with E-state index in [2.05, 4.69) is 15.6 Å². The average Bonchev–Trinajstić information content (AvgIpc) is 2.83. The van der Waals surface area contributed by atoms with Crippen LogP contribution in [0.2, 0.25) is 0 Å². The summed E-state index contributed by atoms with van der Waals surface area (Å²) in [5.41, 5.74) is 2.01. The first kappa shape index (κ1) is 24.7. The number of nitrogens with one attached hydrogen (secondary N) is 3. The average molecular weight is 451 g/mol. The molecule has 1 heterocycles. The Morgan fingerprint density at radius 2 is 1.94 bits per heavy atom. The molecule has 0 unspecified atom stereocenters. The highest BCUT2D eigenvalue weighted by Crippen LogP contribution is 2.21. The fraction of sp³-hybridized carbons (Fsp3) is 0.286. The fourth-order valence-corrected chi connectivity index (χ4v) is 2.58. The highest BCUT2D eigenvalue weighted by Gasteiger charge is 2.27. The van der Waals surface area contributed by atoms with Crippen molar-refractivity contribution >= 4 is 17.6 Å². The van der Waals surface area contributed by atoms with Gasteiger partial charge >= 0.3 is 12.2 Å². The molecule has 32 heavy (non-hydrogen) atoms. The molecular weight excluding hydrogens is 427 g/mol. The number of halogens is 3. The zero-order valence-corrected chi connectivity index (χ0v) is 17.6. The van der Waals surface area contributed by atoms with Crippen molar-refractivity contribution < 1.29 is 27.5 Å². The van der Waals surface area contributed by atoms with Crippen LogP contribution in [0.25, 0.3) is 11.3 Å². The van der Waals surface area contributed by atoms with Crippen LogP contribution in [0, 0.1) is 0 Å². The van der Waals surface area contributed by atoms with E-state index < -0.39 is 18.8 Å². The Morgan fingerprint density at radius 1 is 1.16 bits per heavy atom. The van der Waals surface area contributed by atoms with Crippen LogP contribution in [-0.2, 0) is 11.8 Å². The number of anilines is 1. The van der Waals surface area contributed by atoms with E-state index in [0.29, 0.717) is 35.7 Å². The summed E-state index contributed by atoms with van der Waals surface area (Å²) in [6, 6.07) is 8.93. The van der Waals surface area contributed by atoms with Crippen LogP contribution in [0.4, 0.5) is 23.7 Å². The number of hydrogen-bond donors (Lipinski definition) is 3. The molecule has 3 amide bonds. The Hall–Kier alpha value is -3.60. The second kappa shape index (κ2) is 11.7. The van der Waals surface area contributed by atoms with Crippen molar-refractivity contribution in [2.45, 2.75) is 6.18 Å². The first-order valence-corrected chi connectivity index (χ1v) is 9.53. The van der Waals surface area contributed by atoms with E-state index in [1.807, 2.05) is 0 Å². The highest BCUT2D eigenvalue weighted by molar-refractivity contribution is 5.93. The number of carbonyl (C=O) groups is 2. The minimum Gasteiger partial charge on any atom is -0.383 e. The normalized spacial score (nSPS) is 10.8. The lowest BCUT2D eigenvalue weighted by Crippen LogP contribution is -2.36. The minimum atomic E-state index is -4.50. The molecule has 1 aromatic carbocycles. The molecule has 0 saturated carbocycles. The summed E-state index contributed by atoms with van der Waals surface area (Å²) < 4.78 is 43.4. The molecule has 0 radical (unpaired) electrons. The van der Waals surface area contributed by atoms with Crippen molar-refractivity contribution in [2.75, 3.05) is 32.1 Å². The number of amides is 3. The van der Waals surface area contributed by atoms with Crippen molar-refractivity contribution in [3.63, 3.8) is 0 Å². The van der Waals surface area contributed by atoms with E-state index >= 15 is 0 Å². The van der Waals surface area contributed by atoms with Crippen molar-refractivity contribution in [2.24, 2.45) is 7.05 Å². The Morgan fingerprint density at radius 3 is 2.66 bits per heavy atom. The summed E-state index contributed by atoms with van der Waals surface area (Å²) in [6.07, 6.45) is 0.119.